The van der Waals surface area contributed by atoms with Gasteiger partial charge < -0.3 is 10.4 Å². The molecule has 0 saturated heterocycles. The third-order valence-electron chi connectivity index (χ3n) is 2.62. The minimum atomic E-state index is -0.560. The average molecular weight is 243 g/mol. The smallest absolute Gasteiger partial charge is 0.223 e. The van der Waals surface area contributed by atoms with Crippen molar-refractivity contribution in [3.05, 3.63) is 53.3 Å². The molecule has 1 aromatic heterocycles. The molecule has 2 rings (SSSR count). The minimum Gasteiger partial charge on any atom is -0.387 e. The molecule has 2 N–H and O–H groups in total. The molecule has 0 radical (unpaired) electrons. The van der Waals surface area contributed by atoms with Crippen molar-refractivity contribution < 1.29 is 5.11 Å². The highest BCUT2D eigenvalue weighted by Gasteiger charge is 2.07. The fraction of sp³-hybridized carbons (Fsp3) is 0.286. The van der Waals surface area contributed by atoms with Crippen LogP contribution in [0.5, 0.6) is 0 Å². The van der Waals surface area contributed by atoms with Crippen molar-refractivity contribution in [2.45, 2.75) is 20.0 Å². The quantitative estimate of drug-likeness (QED) is 0.864. The standard InChI is InChI=1S/C14H17N3O/c1-10-8-11(2)17-14(16-10)15-9-13(18)12-6-4-3-5-7-12/h3-8,13,18H,9H2,1-2H3,(H,15,16,17). The Hall–Kier alpha value is -1.94. The van der Waals surface area contributed by atoms with Gasteiger partial charge in [-0.05, 0) is 25.5 Å². The molecule has 1 atom stereocenters. The average Bonchev–Trinajstić information content (AvgIpc) is 2.36. The number of aryl methyl sites for hydroxylation is 2. The van der Waals surface area contributed by atoms with Crippen LogP contribution in [0, 0.1) is 13.8 Å². The van der Waals surface area contributed by atoms with Gasteiger partial charge in [0.15, 0.2) is 0 Å². The van der Waals surface area contributed by atoms with Crippen LogP contribution in [-0.4, -0.2) is 21.6 Å². The first kappa shape index (κ1) is 12.5. The molecule has 0 fully saturated rings. The normalized spacial score (nSPS) is 12.2. The number of anilines is 1. The van der Waals surface area contributed by atoms with E-state index in [1.807, 2.05) is 50.2 Å². The number of aliphatic hydroxyl groups is 1. The van der Waals surface area contributed by atoms with Crippen molar-refractivity contribution in [1.29, 1.82) is 0 Å². The van der Waals surface area contributed by atoms with Gasteiger partial charge in [0.25, 0.3) is 0 Å². The second-order valence-corrected chi connectivity index (χ2v) is 4.28. The Kier molecular flexibility index (Phi) is 3.89. The molecule has 94 valence electrons. The van der Waals surface area contributed by atoms with Gasteiger partial charge in [0, 0.05) is 17.9 Å². The second-order valence-electron chi connectivity index (χ2n) is 4.28. The van der Waals surface area contributed by atoms with Gasteiger partial charge in [-0.2, -0.15) is 0 Å². The zero-order valence-corrected chi connectivity index (χ0v) is 10.6. The topological polar surface area (TPSA) is 58.0 Å². The van der Waals surface area contributed by atoms with E-state index in [1.54, 1.807) is 0 Å². The van der Waals surface area contributed by atoms with Crippen LogP contribution in [0.15, 0.2) is 36.4 Å². The van der Waals surface area contributed by atoms with Crippen molar-refractivity contribution >= 4 is 5.95 Å². The van der Waals surface area contributed by atoms with E-state index in [4.69, 9.17) is 0 Å². The van der Waals surface area contributed by atoms with Gasteiger partial charge in [0.1, 0.15) is 0 Å². The first-order valence-electron chi connectivity index (χ1n) is 5.94. The highest BCUT2D eigenvalue weighted by atomic mass is 16.3. The van der Waals surface area contributed by atoms with Crippen molar-refractivity contribution in [2.75, 3.05) is 11.9 Å². The molecule has 2 aromatic rings. The van der Waals surface area contributed by atoms with E-state index >= 15 is 0 Å². The molecule has 0 spiro atoms. The molecule has 0 amide bonds. The molecule has 0 aliphatic rings. The van der Waals surface area contributed by atoms with E-state index < -0.39 is 6.10 Å². The van der Waals surface area contributed by atoms with Crippen LogP contribution in [0.2, 0.25) is 0 Å². The summed E-state index contributed by atoms with van der Waals surface area (Å²) in [5, 5.41) is 13.1. The van der Waals surface area contributed by atoms with Crippen molar-refractivity contribution in [3.8, 4) is 0 Å². The van der Waals surface area contributed by atoms with Crippen LogP contribution in [0.1, 0.15) is 23.1 Å². The molecule has 0 saturated carbocycles. The summed E-state index contributed by atoms with van der Waals surface area (Å²) in [6.45, 7) is 4.24. The summed E-state index contributed by atoms with van der Waals surface area (Å²) in [6.07, 6.45) is -0.560. The molecule has 4 heteroatoms. The molecule has 1 heterocycles. The molecular formula is C14H17N3O. The van der Waals surface area contributed by atoms with Crippen LogP contribution in [0.4, 0.5) is 5.95 Å². The molecule has 1 unspecified atom stereocenters. The number of aliphatic hydroxyl groups excluding tert-OH is 1. The summed E-state index contributed by atoms with van der Waals surface area (Å²) in [5.41, 5.74) is 2.72. The van der Waals surface area contributed by atoms with E-state index in [0.29, 0.717) is 12.5 Å². The van der Waals surface area contributed by atoms with E-state index in [1.165, 1.54) is 0 Å². The van der Waals surface area contributed by atoms with Crippen LogP contribution in [0.25, 0.3) is 0 Å². The van der Waals surface area contributed by atoms with Gasteiger partial charge in [-0.15, -0.1) is 0 Å². The number of nitrogens with one attached hydrogen (secondary N) is 1. The summed E-state index contributed by atoms with van der Waals surface area (Å²) in [4.78, 5) is 8.53. The molecule has 0 aliphatic heterocycles. The molecule has 18 heavy (non-hydrogen) atoms. The molecule has 1 aromatic carbocycles. The highest BCUT2D eigenvalue weighted by Crippen LogP contribution is 2.12. The van der Waals surface area contributed by atoms with Crippen LogP contribution >= 0.6 is 0 Å². The molecule has 0 bridgehead atoms. The maximum Gasteiger partial charge on any atom is 0.223 e. The van der Waals surface area contributed by atoms with E-state index in [-0.39, 0.29) is 0 Å². The van der Waals surface area contributed by atoms with E-state index in [0.717, 1.165) is 17.0 Å². The Labute approximate surface area is 107 Å². The molecule has 4 nitrogen and oxygen atoms in total. The number of rotatable bonds is 4. The SMILES string of the molecule is Cc1cc(C)nc(NCC(O)c2ccccc2)n1. The van der Waals surface area contributed by atoms with Crippen molar-refractivity contribution in [1.82, 2.24) is 9.97 Å². The summed E-state index contributed by atoms with van der Waals surface area (Å²) in [6, 6.07) is 11.5. The third kappa shape index (κ3) is 3.28. The largest absolute Gasteiger partial charge is 0.387 e. The predicted molar refractivity (Wildman–Crippen MR) is 71.4 cm³/mol. The predicted octanol–water partition coefficient (Wildman–Crippen LogP) is 2.24. The van der Waals surface area contributed by atoms with Gasteiger partial charge in [-0.3, -0.25) is 0 Å². The number of benzene rings is 1. The summed E-state index contributed by atoms with van der Waals surface area (Å²) >= 11 is 0. The van der Waals surface area contributed by atoms with Crippen LogP contribution < -0.4 is 5.32 Å². The maximum atomic E-state index is 10.0. The lowest BCUT2D eigenvalue weighted by molar-refractivity contribution is 0.191. The van der Waals surface area contributed by atoms with Gasteiger partial charge in [-0.1, -0.05) is 30.3 Å². The lowest BCUT2D eigenvalue weighted by atomic mass is 10.1. The van der Waals surface area contributed by atoms with Gasteiger partial charge in [0.2, 0.25) is 5.95 Å². The number of nitrogens with zero attached hydrogens (tertiary/aromatic N) is 2. The molecule has 0 aliphatic carbocycles. The second kappa shape index (κ2) is 5.60. The Bertz CT molecular complexity index is 493. The lowest BCUT2D eigenvalue weighted by Crippen LogP contribution is -2.14. The summed E-state index contributed by atoms with van der Waals surface area (Å²) in [7, 11) is 0. The van der Waals surface area contributed by atoms with Gasteiger partial charge in [0.05, 0.1) is 6.10 Å². The van der Waals surface area contributed by atoms with E-state index in [9.17, 15) is 5.11 Å². The van der Waals surface area contributed by atoms with Crippen LogP contribution in [-0.2, 0) is 0 Å². The van der Waals surface area contributed by atoms with E-state index in [2.05, 4.69) is 15.3 Å². The first-order valence-corrected chi connectivity index (χ1v) is 5.94. The van der Waals surface area contributed by atoms with Crippen molar-refractivity contribution in [3.63, 3.8) is 0 Å². The lowest BCUT2D eigenvalue weighted by Gasteiger charge is -2.12. The van der Waals surface area contributed by atoms with Crippen LogP contribution in [0.3, 0.4) is 0 Å². The Morgan fingerprint density at radius 1 is 1.11 bits per heavy atom. The molecular weight excluding hydrogens is 226 g/mol. The number of hydrogen-bond donors (Lipinski definition) is 2. The van der Waals surface area contributed by atoms with Gasteiger partial charge in [-0.25, -0.2) is 9.97 Å². The third-order valence-corrected chi connectivity index (χ3v) is 2.62. The zero-order valence-electron chi connectivity index (χ0n) is 10.6. The van der Waals surface area contributed by atoms with Gasteiger partial charge >= 0.3 is 0 Å². The fourth-order valence-corrected chi connectivity index (χ4v) is 1.79. The zero-order chi connectivity index (χ0) is 13.0. The number of hydrogen-bond acceptors (Lipinski definition) is 4. The summed E-state index contributed by atoms with van der Waals surface area (Å²) in [5.74, 6) is 0.558. The Morgan fingerprint density at radius 3 is 2.33 bits per heavy atom. The van der Waals surface area contributed by atoms with Crippen molar-refractivity contribution in [2.24, 2.45) is 0 Å². The minimum absolute atomic E-state index is 0.396. The monoisotopic (exact) mass is 243 g/mol. The highest BCUT2D eigenvalue weighted by molar-refractivity contribution is 5.29. The summed E-state index contributed by atoms with van der Waals surface area (Å²) < 4.78 is 0. The first-order chi connectivity index (χ1) is 8.65. The fourth-order valence-electron chi connectivity index (χ4n) is 1.79. The maximum absolute atomic E-state index is 10.0. The number of aromatic nitrogens is 2. The Morgan fingerprint density at radius 2 is 1.72 bits per heavy atom. The Balaban J connectivity index is 1.99.